The number of thiol groups is 1. The Labute approximate surface area is 71.0 Å². The van der Waals surface area contributed by atoms with Crippen molar-refractivity contribution in [1.29, 1.82) is 0 Å². The molecule has 0 aliphatic carbocycles. The van der Waals surface area contributed by atoms with Crippen LogP contribution in [0.3, 0.4) is 0 Å². The molecule has 0 atom stereocenters. The molecule has 4 nitrogen and oxygen atoms in total. The first kappa shape index (κ1) is 8.55. The Bertz CT molecular complexity index is 178. The Morgan fingerprint density at radius 3 is 3.00 bits per heavy atom. The quantitative estimate of drug-likeness (QED) is 0.511. The van der Waals surface area contributed by atoms with Crippen molar-refractivity contribution in [2.24, 2.45) is 0 Å². The fraction of sp³-hybridized carbons (Fsp3) is 0.667. The van der Waals surface area contributed by atoms with Crippen LogP contribution in [0.5, 0.6) is 0 Å². The third kappa shape index (κ3) is 3.38. The predicted octanol–water partition coefficient (Wildman–Crippen LogP) is 0.224. The summed E-state index contributed by atoms with van der Waals surface area (Å²) in [6, 6.07) is 0. The van der Waals surface area contributed by atoms with Crippen molar-refractivity contribution in [1.82, 2.24) is 14.8 Å². The summed E-state index contributed by atoms with van der Waals surface area (Å²) in [5.41, 5.74) is 0. The highest BCUT2D eigenvalue weighted by molar-refractivity contribution is 7.80. The second kappa shape index (κ2) is 5.15. The Kier molecular flexibility index (Phi) is 4.00. The number of nitrogens with zero attached hydrogens (tertiary/aromatic N) is 3. The summed E-state index contributed by atoms with van der Waals surface area (Å²) in [4.78, 5) is 3.80. The zero-order valence-electron chi connectivity index (χ0n) is 6.18. The van der Waals surface area contributed by atoms with E-state index in [0.717, 1.165) is 12.3 Å². The zero-order chi connectivity index (χ0) is 7.94. The average molecular weight is 173 g/mol. The van der Waals surface area contributed by atoms with Crippen LogP contribution >= 0.6 is 12.6 Å². The molecule has 1 rings (SSSR count). The van der Waals surface area contributed by atoms with Gasteiger partial charge in [0.15, 0.2) is 0 Å². The van der Waals surface area contributed by atoms with Gasteiger partial charge in [0, 0.05) is 5.75 Å². The van der Waals surface area contributed by atoms with Crippen molar-refractivity contribution in [2.75, 3.05) is 19.0 Å². The molecule has 5 heteroatoms. The molecule has 0 fully saturated rings. The Morgan fingerprint density at radius 1 is 1.45 bits per heavy atom. The molecule has 0 N–H and O–H groups in total. The summed E-state index contributed by atoms with van der Waals surface area (Å²) in [6.07, 6.45) is 3.18. The molecule has 0 saturated heterocycles. The number of hydrogen-bond acceptors (Lipinski definition) is 4. The van der Waals surface area contributed by atoms with Gasteiger partial charge in [-0.1, -0.05) is 0 Å². The lowest BCUT2D eigenvalue weighted by Crippen LogP contribution is -2.07. The molecule has 0 aromatic carbocycles. The van der Waals surface area contributed by atoms with Gasteiger partial charge in [-0.05, 0) is 0 Å². The van der Waals surface area contributed by atoms with Crippen LogP contribution in [0.1, 0.15) is 0 Å². The fourth-order valence-corrected chi connectivity index (χ4v) is 0.802. The van der Waals surface area contributed by atoms with E-state index < -0.39 is 0 Å². The molecule has 1 aromatic rings. The van der Waals surface area contributed by atoms with Crippen molar-refractivity contribution < 1.29 is 4.74 Å². The smallest absolute Gasteiger partial charge is 0.137 e. The monoisotopic (exact) mass is 173 g/mol. The van der Waals surface area contributed by atoms with Crippen molar-refractivity contribution in [3.63, 3.8) is 0 Å². The summed E-state index contributed by atoms with van der Waals surface area (Å²) in [5.74, 6) is 0.761. The first-order valence-electron chi connectivity index (χ1n) is 3.44. The molecule has 1 aromatic heterocycles. The van der Waals surface area contributed by atoms with E-state index in [4.69, 9.17) is 4.74 Å². The van der Waals surface area contributed by atoms with Gasteiger partial charge in [0.2, 0.25) is 0 Å². The molecule has 0 radical (unpaired) electrons. The fourth-order valence-electron chi connectivity index (χ4n) is 0.673. The van der Waals surface area contributed by atoms with Crippen LogP contribution in [0.25, 0.3) is 0 Å². The first-order chi connectivity index (χ1) is 5.43. The van der Waals surface area contributed by atoms with Gasteiger partial charge < -0.3 is 4.74 Å². The summed E-state index contributed by atoms with van der Waals surface area (Å²) >= 11 is 4.01. The lowest BCUT2D eigenvalue weighted by Gasteiger charge is -2.00. The van der Waals surface area contributed by atoms with Gasteiger partial charge in [-0.2, -0.15) is 17.7 Å². The summed E-state index contributed by atoms with van der Waals surface area (Å²) < 4.78 is 6.93. The van der Waals surface area contributed by atoms with Crippen LogP contribution in [0.15, 0.2) is 12.7 Å². The zero-order valence-corrected chi connectivity index (χ0v) is 7.07. The number of hydrogen-bond donors (Lipinski definition) is 1. The van der Waals surface area contributed by atoms with Crippen LogP contribution in [0.4, 0.5) is 0 Å². The van der Waals surface area contributed by atoms with E-state index in [1.807, 2.05) is 0 Å². The third-order valence-corrected chi connectivity index (χ3v) is 1.35. The second-order valence-corrected chi connectivity index (χ2v) is 2.44. The molecule has 0 spiro atoms. The molecule has 11 heavy (non-hydrogen) atoms. The van der Waals surface area contributed by atoms with Gasteiger partial charge in [0.05, 0.1) is 19.8 Å². The van der Waals surface area contributed by atoms with Crippen LogP contribution in [0, 0.1) is 0 Å². The second-order valence-electron chi connectivity index (χ2n) is 1.99. The summed E-state index contributed by atoms with van der Waals surface area (Å²) in [5, 5.41) is 3.92. The van der Waals surface area contributed by atoms with E-state index >= 15 is 0 Å². The molecule has 1 heterocycles. The molecule has 62 valence electrons. The Hall–Kier alpha value is -0.550. The highest BCUT2D eigenvalue weighted by Crippen LogP contribution is 1.83. The molecular weight excluding hydrogens is 162 g/mol. The van der Waals surface area contributed by atoms with E-state index in [9.17, 15) is 0 Å². The number of aromatic nitrogens is 3. The highest BCUT2D eigenvalue weighted by atomic mass is 32.1. The van der Waals surface area contributed by atoms with Crippen molar-refractivity contribution in [2.45, 2.75) is 6.54 Å². The van der Waals surface area contributed by atoms with Crippen LogP contribution in [0.2, 0.25) is 0 Å². The van der Waals surface area contributed by atoms with Crippen molar-refractivity contribution in [3.8, 4) is 0 Å². The average Bonchev–Trinajstić information content (AvgIpc) is 2.50. The van der Waals surface area contributed by atoms with Crippen molar-refractivity contribution in [3.05, 3.63) is 12.7 Å². The van der Waals surface area contributed by atoms with E-state index in [-0.39, 0.29) is 0 Å². The lowest BCUT2D eigenvalue weighted by atomic mass is 10.7. The topological polar surface area (TPSA) is 39.9 Å². The van der Waals surface area contributed by atoms with Gasteiger partial charge in [0.25, 0.3) is 0 Å². The summed E-state index contributed by atoms with van der Waals surface area (Å²) in [7, 11) is 0. The maximum absolute atomic E-state index is 5.19. The minimum absolute atomic E-state index is 0.671. The van der Waals surface area contributed by atoms with Gasteiger partial charge in [-0.3, -0.25) is 4.68 Å². The summed E-state index contributed by atoms with van der Waals surface area (Å²) in [6.45, 7) is 2.12. The molecule has 0 amide bonds. The lowest BCUT2D eigenvalue weighted by molar-refractivity contribution is 0.138. The number of rotatable bonds is 5. The van der Waals surface area contributed by atoms with E-state index in [2.05, 4.69) is 22.7 Å². The van der Waals surface area contributed by atoms with Crippen LogP contribution < -0.4 is 0 Å². The molecule has 0 saturated carbocycles. The van der Waals surface area contributed by atoms with E-state index in [1.165, 1.54) is 6.33 Å². The van der Waals surface area contributed by atoms with Gasteiger partial charge in [-0.25, -0.2) is 4.98 Å². The van der Waals surface area contributed by atoms with Crippen LogP contribution in [-0.2, 0) is 11.3 Å². The van der Waals surface area contributed by atoms with Gasteiger partial charge >= 0.3 is 0 Å². The SMILES string of the molecule is SCCOCCn1cncn1. The molecule has 0 bridgehead atoms. The maximum atomic E-state index is 5.19. The van der Waals surface area contributed by atoms with Crippen molar-refractivity contribution >= 4 is 12.6 Å². The molecule has 0 unspecified atom stereocenters. The third-order valence-electron chi connectivity index (χ3n) is 1.17. The molecule has 0 aliphatic heterocycles. The molecule has 0 aliphatic rings. The van der Waals surface area contributed by atoms with Gasteiger partial charge in [0.1, 0.15) is 12.7 Å². The minimum Gasteiger partial charge on any atom is -0.379 e. The standard InChI is InChI=1S/C6H11N3OS/c11-4-3-10-2-1-9-6-7-5-8-9/h5-6,11H,1-4H2. The van der Waals surface area contributed by atoms with Gasteiger partial charge in [-0.15, -0.1) is 0 Å². The minimum atomic E-state index is 0.671. The van der Waals surface area contributed by atoms with Crippen LogP contribution in [-0.4, -0.2) is 33.7 Å². The number of ether oxygens (including phenoxy) is 1. The van der Waals surface area contributed by atoms with E-state index in [1.54, 1.807) is 11.0 Å². The predicted molar refractivity (Wildman–Crippen MR) is 44.7 cm³/mol. The van der Waals surface area contributed by atoms with E-state index in [0.29, 0.717) is 13.2 Å². The first-order valence-corrected chi connectivity index (χ1v) is 4.08. The Balaban J connectivity index is 2.04. The maximum Gasteiger partial charge on any atom is 0.137 e. The Morgan fingerprint density at radius 2 is 2.36 bits per heavy atom. The largest absolute Gasteiger partial charge is 0.379 e. The normalized spacial score (nSPS) is 10.3. The molecular formula is C6H11N3OS. The highest BCUT2D eigenvalue weighted by Gasteiger charge is 1.89.